The first-order valence-electron chi connectivity index (χ1n) is 5.71. The molecule has 0 aliphatic heterocycles. The predicted octanol–water partition coefficient (Wildman–Crippen LogP) is 4.78. The van der Waals surface area contributed by atoms with Crippen molar-refractivity contribution in [2.24, 2.45) is 0 Å². The largest absolute Gasteiger partial charge is 0.489 e. The van der Waals surface area contributed by atoms with E-state index in [1.54, 1.807) is 6.07 Å². The summed E-state index contributed by atoms with van der Waals surface area (Å²) < 4.78 is 19.5. The van der Waals surface area contributed by atoms with Gasteiger partial charge in [-0.1, -0.05) is 29.8 Å². The van der Waals surface area contributed by atoms with E-state index in [0.29, 0.717) is 11.1 Å². The van der Waals surface area contributed by atoms with E-state index in [9.17, 15) is 4.39 Å². The standard InChI is InChI=1S/C15H14BrFO/c1-10-6-7-14(11(2)8-10)18-9-12-4-3-5-13(17)15(12)16/h3-8H,9H2,1-2H3. The number of aryl methyl sites for hydroxylation is 2. The van der Waals surface area contributed by atoms with E-state index in [4.69, 9.17) is 4.74 Å². The minimum atomic E-state index is -0.267. The molecule has 0 saturated carbocycles. The zero-order valence-electron chi connectivity index (χ0n) is 10.3. The molecular weight excluding hydrogens is 295 g/mol. The summed E-state index contributed by atoms with van der Waals surface area (Å²) in [5.74, 6) is 0.563. The fraction of sp³-hybridized carbons (Fsp3) is 0.200. The van der Waals surface area contributed by atoms with Crippen LogP contribution < -0.4 is 4.74 Å². The first kappa shape index (κ1) is 13.1. The van der Waals surface area contributed by atoms with Gasteiger partial charge in [0.1, 0.15) is 18.2 Å². The molecule has 3 heteroatoms. The Bertz CT molecular complexity index is 566. The second-order valence-electron chi connectivity index (χ2n) is 4.27. The lowest BCUT2D eigenvalue weighted by molar-refractivity contribution is 0.302. The van der Waals surface area contributed by atoms with Gasteiger partial charge in [0.2, 0.25) is 0 Å². The fourth-order valence-electron chi connectivity index (χ4n) is 1.78. The summed E-state index contributed by atoms with van der Waals surface area (Å²) in [6.45, 7) is 4.39. The van der Waals surface area contributed by atoms with E-state index in [-0.39, 0.29) is 5.82 Å². The van der Waals surface area contributed by atoms with Crippen LogP contribution in [0.2, 0.25) is 0 Å². The Morgan fingerprint density at radius 1 is 1.17 bits per heavy atom. The molecule has 0 aliphatic carbocycles. The molecule has 0 radical (unpaired) electrons. The molecule has 94 valence electrons. The monoisotopic (exact) mass is 308 g/mol. The van der Waals surface area contributed by atoms with Crippen molar-refractivity contribution >= 4 is 15.9 Å². The van der Waals surface area contributed by atoms with Crippen LogP contribution in [-0.2, 0) is 6.61 Å². The minimum absolute atomic E-state index is 0.267. The second kappa shape index (κ2) is 5.53. The van der Waals surface area contributed by atoms with Gasteiger partial charge in [-0.3, -0.25) is 0 Å². The summed E-state index contributed by atoms with van der Waals surface area (Å²) in [5.41, 5.74) is 3.09. The maximum Gasteiger partial charge on any atom is 0.137 e. The molecule has 0 bridgehead atoms. The molecule has 0 fully saturated rings. The van der Waals surface area contributed by atoms with Crippen molar-refractivity contribution in [2.75, 3.05) is 0 Å². The number of hydrogen-bond donors (Lipinski definition) is 0. The van der Waals surface area contributed by atoms with Crippen LogP contribution in [0.25, 0.3) is 0 Å². The first-order chi connectivity index (χ1) is 8.58. The van der Waals surface area contributed by atoms with Crippen LogP contribution in [0.1, 0.15) is 16.7 Å². The highest BCUT2D eigenvalue weighted by Crippen LogP contribution is 2.24. The smallest absolute Gasteiger partial charge is 0.137 e. The van der Waals surface area contributed by atoms with Crippen molar-refractivity contribution in [2.45, 2.75) is 20.5 Å². The molecule has 0 heterocycles. The van der Waals surface area contributed by atoms with Gasteiger partial charge in [0.15, 0.2) is 0 Å². The third-order valence-corrected chi connectivity index (χ3v) is 3.63. The molecule has 0 aromatic heterocycles. The maximum atomic E-state index is 13.3. The SMILES string of the molecule is Cc1ccc(OCc2cccc(F)c2Br)c(C)c1. The van der Waals surface area contributed by atoms with Crippen molar-refractivity contribution < 1.29 is 9.13 Å². The van der Waals surface area contributed by atoms with Gasteiger partial charge in [0.05, 0.1) is 4.47 Å². The zero-order valence-corrected chi connectivity index (χ0v) is 11.9. The summed E-state index contributed by atoms with van der Waals surface area (Å²) in [6, 6.07) is 11.0. The third kappa shape index (κ3) is 2.91. The van der Waals surface area contributed by atoms with Crippen LogP contribution in [0.4, 0.5) is 4.39 Å². The van der Waals surface area contributed by atoms with Gasteiger partial charge in [-0.15, -0.1) is 0 Å². The summed E-state index contributed by atoms with van der Waals surface area (Å²) >= 11 is 3.23. The van der Waals surface area contributed by atoms with Gasteiger partial charge in [-0.2, -0.15) is 0 Å². The van der Waals surface area contributed by atoms with Crippen molar-refractivity contribution in [1.82, 2.24) is 0 Å². The summed E-state index contributed by atoms with van der Waals surface area (Å²) in [4.78, 5) is 0. The summed E-state index contributed by atoms with van der Waals surface area (Å²) in [7, 11) is 0. The van der Waals surface area contributed by atoms with Crippen molar-refractivity contribution in [1.29, 1.82) is 0 Å². The molecule has 0 spiro atoms. The van der Waals surface area contributed by atoms with Crippen LogP contribution in [0.3, 0.4) is 0 Å². The highest BCUT2D eigenvalue weighted by Gasteiger charge is 2.06. The van der Waals surface area contributed by atoms with Gasteiger partial charge in [0.25, 0.3) is 0 Å². The number of ether oxygens (including phenoxy) is 1. The number of hydrogen-bond acceptors (Lipinski definition) is 1. The van der Waals surface area contributed by atoms with Gasteiger partial charge in [-0.05, 0) is 47.5 Å². The summed E-state index contributed by atoms with van der Waals surface area (Å²) in [5, 5.41) is 0. The van der Waals surface area contributed by atoms with Crippen LogP contribution in [0.15, 0.2) is 40.9 Å². The fourth-order valence-corrected chi connectivity index (χ4v) is 2.16. The Labute approximate surface area is 115 Å². The molecule has 2 aromatic carbocycles. The maximum absolute atomic E-state index is 13.3. The molecule has 18 heavy (non-hydrogen) atoms. The average molecular weight is 309 g/mol. The highest BCUT2D eigenvalue weighted by molar-refractivity contribution is 9.10. The number of benzene rings is 2. The van der Waals surface area contributed by atoms with Crippen molar-refractivity contribution in [3.05, 3.63) is 63.4 Å². The van der Waals surface area contributed by atoms with Crippen LogP contribution in [-0.4, -0.2) is 0 Å². The molecule has 0 N–H and O–H groups in total. The number of halogens is 2. The van der Waals surface area contributed by atoms with Gasteiger partial charge in [0, 0.05) is 5.56 Å². The van der Waals surface area contributed by atoms with Crippen molar-refractivity contribution in [3.8, 4) is 5.75 Å². The van der Waals surface area contributed by atoms with Gasteiger partial charge in [-0.25, -0.2) is 4.39 Å². The Balaban J connectivity index is 2.14. The molecule has 0 aliphatic rings. The lowest BCUT2D eigenvalue weighted by Gasteiger charge is -2.11. The predicted molar refractivity (Wildman–Crippen MR) is 74.3 cm³/mol. The molecule has 0 unspecified atom stereocenters. The van der Waals surface area contributed by atoms with E-state index in [2.05, 4.69) is 22.0 Å². The van der Waals surface area contributed by atoms with E-state index in [0.717, 1.165) is 16.9 Å². The highest BCUT2D eigenvalue weighted by atomic mass is 79.9. The lowest BCUT2D eigenvalue weighted by atomic mass is 10.1. The number of rotatable bonds is 3. The third-order valence-electron chi connectivity index (χ3n) is 2.75. The van der Waals surface area contributed by atoms with Crippen LogP contribution in [0.5, 0.6) is 5.75 Å². The summed E-state index contributed by atoms with van der Waals surface area (Å²) in [6.07, 6.45) is 0. The topological polar surface area (TPSA) is 9.23 Å². The van der Waals surface area contributed by atoms with E-state index in [1.165, 1.54) is 11.6 Å². The molecule has 0 atom stereocenters. The molecule has 1 nitrogen and oxygen atoms in total. The zero-order chi connectivity index (χ0) is 13.1. The molecule has 2 rings (SSSR count). The Morgan fingerprint density at radius 2 is 1.94 bits per heavy atom. The van der Waals surface area contributed by atoms with Crippen molar-refractivity contribution in [3.63, 3.8) is 0 Å². The quantitative estimate of drug-likeness (QED) is 0.792. The lowest BCUT2D eigenvalue weighted by Crippen LogP contribution is -1.99. The minimum Gasteiger partial charge on any atom is -0.489 e. The molecular formula is C15H14BrFO. The van der Waals surface area contributed by atoms with E-state index in [1.807, 2.05) is 32.0 Å². The Hall–Kier alpha value is -1.35. The molecule has 2 aromatic rings. The van der Waals surface area contributed by atoms with Crippen LogP contribution in [0, 0.1) is 19.7 Å². The average Bonchev–Trinajstić information content (AvgIpc) is 2.33. The van der Waals surface area contributed by atoms with E-state index < -0.39 is 0 Å². The second-order valence-corrected chi connectivity index (χ2v) is 5.06. The Kier molecular flexibility index (Phi) is 4.02. The Morgan fingerprint density at radius 3 is 2.67 bits per heavy atom. The van der Waals surface area contributed by atoms with Crippen LogP contribution >= 0.6 is 15.9 Å². The first-order valence-corrected chi connectivity index (χ1v) is 6.50. The van der Waals surface area contributed by atoms with Gasteiger partial charge >= 0.3 is 0 Å². The van der Waals surface area contributed by atoms with E-state index >= 15 is 0 Å². The van der Waals surface area contributed by atoms with Gasteiger partial charge < -0.3 is 4.74 Å². The molecule has 0 saturated heterocycles. The molecule has 0 amide bonds. The normalized spacial score (nSPS) is 10.4.